The fourth-order valence-corrected chi connectivity index (χ4v) is 4.15. The topological polar surface area (TPSA) is 86.7 Å². The normalized spacial score (nSPS) is 20.2. The predicted molar refractivity (Wildman–Crippen MR) is 80.7 cm³/mol. The number of carbonyl (C=O) groups is 1. The van der Waals surface area contributed by atoms with Crippen LogP contribution in [0.4, 0.5) is 5.69 Å². The fourth-order valence-electron chi connectivity index (χ4n) is 2.34. The van der Waals surface area contributed by atoms with Crippen molar-refractivity contribution in [3.05, 3.63) is 28.8 Å². The van der Waals surface area contributed by atoms with Gasteiger partial charge >= 0.3 is 16.2 Å². The Labute approximate surface area is 128 Å². The van der Waals surface area contributed by atoms with E-state index in [9.17, 15) is 13.2 Å². The maximum absolute atomic E-state index is 12.4. The van der Waals surface area contributed by atoms with Crippen LogP contribution in [0.5, 0.6) is 0 Å². The minimum atomic E-state index is -3.95. The van der Waals surface area contributed by atoms with Gasteiger partial charge in [0.1, 0.15) is 6.04 Å². The van der Waals surface area contributed by atoms with E-state index in [2.05, 4.69) is 4.72 Å². The number of anilines is 1. The second kappa shape index (κ2) is 6.21. The molecule has 1 fully saturated rings. The van der Waals surface area contributed by atoms with E-state index in [4.69, 9.17) is 16.7 Å². The number of carboxylic acids is 1. The lowest BCUT2D eigenvalue weighted by Crippen LogP contribution is -2.49. The number of nitrogens with one attached hydrogen (secondary N) is 1. The molecule has 0 bridgehead atoms. The molecule has 0 amide bonds. The standard InChI is InChI=1S/C13H17ClN2O4S/c1-9-5-6-11(10(14)8-9)15-21(19,20)16-7-3-2-4-12(16)13(17)18/h5-6,8,12,15H,2-4,7H2,1H3,(H,17,18). The van der Waals surface area contributed by atoms with E-state index in [-0.39, 0.29) is 17.3 Å². The van der Waals surface area contributed by atoms with Gasteiger partial charge in [0.2, 0.25) is 0 Å². The van der Waals surface area contributed by atoms with E-state index in [0.29, 0.717) is 19.3 Å². The Kier molecular flexibility index (Phi) is 4.75. The van der Waals surface area contributed by atoms with Gasteiger partial charge in [-0.3, -0.25) is 9.52 Å². The SMILES string of the molecule is Cc1ccc(NS(=O)(=O)N2CCCCC2C(=O)O)c(Cl)c1. The van der Waals surface area contributed by atoms with Gasteiger partial charge in [0.05, 0.1) is 10.7 Å². The summed E-state index contributed by atoms with van der Waals surface area (Å²) in [5.41, 5.74) is 1.15. The Morgan fingerprint density at radius 3 is 2.76 bits per heavy atom. The van der Waals surface area contributed by atoms with Crippen LogP contribution in [0.2, 0.25) is 5.02 Å². The number of aryl methyl sites for hydroxylation is 1. The van der Waals surface area contributed by atoms with Crippen molar-refractivity contribution >= 4 is 33.5 Å². The summed E-state index contributed by atoms with van der Waals surface area (Å²) < 4.78 is 28.2. The highest BCUT2D eigenvalue weighted by Gasteiger charge is 2.36. The molecule has 0 spiro atoms. The van der Waals surface area contributed by atoms with Crippen molar-refractivity contribution in [1.29, 1.82) is 0 Å². The first kappa shape index (κ1) is 16.1. The minimum absolute atomic E-state index is 0.190. The van der Waals surface area contributed by atoms with Gasteiger partial charge in [-0.2, -0.15) is 12.7 Å². The summed E-state index contributed by atoms with van der Waals surface area (Å²) in [7, 11) is -3.95. The molecule has 1 unspecified atom stereocenters. The molecule has 0 saturated carbocycles. The maximum atomic E-state index is 12.4. The van der Waals surface area contributed by atoms with Crippen LogP contribution in [0.25, 0.3) is 0 Å². The van der Waals surface area contributed by atoms with Crippen molar-refractivity contribution in [2.75, 3.05) is 11.3 Å². The van der Waals surface area contributed by atoms with E-state index in [0.717, 1.165) is 9.87 Å². The average Bonchev–Trinajstić information content (AvgIpc) is 2.42. The van der Waals surface area contributed by atoms with Gasteiger partial charge in [0, 0.05) is 6.54 Å². The van der Waals surface area contributed by atoms with E-state index < -0.39 is 22.2 Å². The molecule has 8 heteroatoms. The number of benzene rings is 1. The number of nitrogens with zero attached hydrogens (tertiary/aromatic N) is 1. The van der Waals surface area contributed by atoms with Gasteiger partial charge in [-0.1, -0.05) is 17.7 Å². The number of carboxylic acid groups (broad SMARTS) is 1. The van der Waals surface area contributed by atoms with Crippen LogP contribution in [0, 0.1) is 6.92 Å². The fraction of sp³-hybridized carbons (Fsp3) is 0.462. The van der Waals surface area contributed by atoms with E-state index in [1.165, 1.54) is 0 Å². The Bertz CT molecular complexity index is 648. The zero-order chi connectivity index (χ0) is 15.6. The molecule has 2 rings (SSSR count). The summed E-state index contributed by atoms with van der Waals surface area (Å²) in [5.74, 6) is -1.13. The molecule has 1 heterocycles. The Morgan fingerprint density at radius 2 is 2.14 bits per heavy atom. The van der Waals surface area contributed by atoms with Crippen LogP contribution in [-0.2, 0) is 15.0 Å². The summed E-state index contributed by atoms with van der Waals surface area (Å²) in [4.78, 5) is 11.2. The number of halogens is 1. The minimum Gasteiger partial charge on any atom is -0.480 e. The van der Waals surface area contributed by atoms with Crippen molar-refractivity contribution in [3.63, 3.8) is 0 Å². The highest BCUT2D eigenvalue weighted by atomic mass is 35.5. The third kappa shape index (κ3) is 3.66. The predicted octanol–water partition coefficient (Wildman–Crippen LogP) is 2.24. The molecular weight excluding hydrogens is 316 g/mol. The molecule has 1 atom stereocenters. The molecule has 0 aliphatic carbocycles. The highest BCUT2D eigenvalue weighted by Crippen LogP contribution is 2.27. The molecule has 21 heavy (non-hydrogen) atoms. The van der Waals surface area contributed by atoms with Gasteiger partial charge in [-0.05, 0) is 43.9 Å². The first-order chi connectivity index (χ1) is 9.81. The number of piperidine rings is 1. The number of aliphatic carboxylic acids is 1. The van der Waals surface area contributed by atoms with Crippen LogP contribution in [0.15, 0.2) is 18.2 Å². The molecule has 1 saturated heterocycles. The molecule has 1 aromatic carbocycles. The van der Waals surface area contributed by atoms with Crippen molar-refractivity contribution in [3.8, 4) is 0 Å². The summed E-state index contributed by atoms with van der Waals surface area (Å²) in [5, 5.41) is 9.45. The molecule has 0 aromatic heterocycles. The summed E-state index contributed by atoms with van der Waals surface area (Å²) in [6, 6.07) is 3.91. The lowest BCUT2D eigenvalue weighted by molar-refractivity contribution is -0.142. The van der Waals surface area contributed by atoms with Gasteiger partial charge in [0.15, 0.2) is 0 Å². The first-order valence-electron chi connectivity index (χ1n) is 6.60. The van der Waals surface area contributed by atoms with E-state index >= 15 is 0 Å². The Hall–Kier alpha value is -1.31. The summed E-state index contributed by atoms with van der Waals surface area (Å²) >= 11 is 6.01. The van der Waals surface area contributed by atoms with Crippen LogP contribution >= 0.6 is 11.6 Å². The zero-order valence-electron chi connectivity index (χ0n) is 11.5. The molecular formula is C13H17ClN2O4S. The van der Waals surface area contributed by atoms with Crippen LogP contribution < -0.4 is 4.72 Å². The van der Waals surface area contributed by atoms with Gasteiger partial charge in [-0.25, -0.2) is 0 Å². The summed E-state index contributed by atoms with van der Waals surface area (Å²) in [6.45, 7) is 2.03. The lowest BCUT2D eigenvalue weighted by atomic mass is 10.1. The number of hydrogen-bond acceptors (Lipinski definition) is 3. The van der Waals surface area contributed by atoms with Crippen molar-refractivity contribution in [1.82, 2.24) is 4.31 Å². The Balaban J connectivity index is 2.26. The molecule has 116 valence electrons. The smallest absolute Gasteiger partial charge is 0.322 e. The molecule has 6 nitrogen and oxygen atoms in total. The second-order valence-electron chi connectivity index (χ2n) is 5.05. The molecule has 2 N–H and O–H groups in total. The van der Waals surface area contributed by atoms with E-state index in [1.54, 1.807) is 18.2 Å². The number of rotatable bonds is 4. The van der Waals surface area contributed by atoms with Gasteiger partial charge < -0.3 is 5.11 Å². The van der Waals surface area contributed by atoms with Gasteiger partial charge in [-0.15, -0.1) is 0 Å². The van der Waals surface area contributed by atoms with Gasteiger partial charge in [0.25, 0.3) is 0 Å². The molecule has 1 aromatic rings. The van der Waals surface area contributed by atoms with Crippen LogP contribution in [0.3, 0.4) is 0 Å². The first-order valence-corrected chi connectivity index (χ1v) is 8.41. The quantitative estimate of drug-likeness (QED) is 0.885. The van der Waals surface area contributed by atoms with E-state index in [1.807, 2.05) is 6.92 Å². The van der Waals surface area contributed by atoms with Crippen molar-refractivity contribution in [2.45, 2.75) is 32.2 Å². The van der Waals surface area contributed by atoms with Crippen LogP contribution in [0.1, 0.15) is 24.8 Å². The van der Waals surface area contributed by atoms with Crippen LogP contribution in [-0.4, -0.2) is 36.4 Å². The summed E-state index contributed by atoms with van der Waals surface area (Å²) in [6.07, 6.45) is 1.67. The maximum Gasteiger partial charge on any atom is 0.322 e. The molecule has 1 aliphatic heterocycles. The van der Waals surface area contributed by atoms with Crippen molar-refractivity contribution < 1.29 is 18.3 Å². The third-order valence-corrected chi connectivity index (χ3v) is 5.26. The van der Waals surface area contributed by atoms with Crippen molar-refractivity contribution in [2.24, 2.45) is 0 Å². The largest absolute Gasteiger partial charge is 0.480 e. The number of hydrogen-bond donors (Lipinski definition) is 2. The lowest BCUT2D eigenvalue weighted by Gasteiger charge is -2.32. The average molecular weight is 333 g/mol. The molecule has 0 radical (unpaired) electrons. The molecule has 1 aliphatic rings. The third-order valence-electron chi connectivity index (χ3n) is 3.41. The second-order valence-corrected chi connectivity index (χ2v) is 7.08. The monoisotopic (exact) mass is 332 g/mol. The zero-order valence-corrected chi connectivity index (χ0v) is 13.1. The Morgan fingerprint density at radius 1 is 1.43 bits per heavy atom. The highest BCUT2D eigenvalue weighted by molar-refractivity contribution is 7.90.